The largest absolute Gasteiger partial charge is 0.385 e. The number of carbonyl (C=O) groups is 1. The van der Waals surface area contributed by atoms with E-state index in [-0.39, 0.29) is 12.1 Å². The fraction of sp³-hybridized carbons (Fsp3) is 0.467. The maximum absolute atomic E-state index is 11.9. The van der Waals surface area contributed by atoms with E-state index in [0.717, 1.165) is 19.3 Å². The summed E-state index contributed by atoms with van der Waals surface area (Å²) in [5, 5.41) is 0. The first-order valence-corrected chi connectivity index (χ1v) is 6.88. The smallest absolute Gasteiger partial charge is 0.346 e. The van der Waals surface area contributed by atoms with Crippen LogP contribution in [0.2, 0.25) is 0 Å². The van der Waals surface area contributed by atoms with E-state index in [9.17, 15) is 4.79 Å². The number of nitrogens with zero attached hydrogens (tertiary/aromatic N) is 2. The molecule has 100 valence electrons. The molecule has 0 spiro atoms. The Labute approximate surface area is 113 Å². The van der Waals surface area contributed by atoms with Crippen LogP contribution in [0.4, 0.5) is 4.79 Å². The van der Waals surface area contributed by atoms with Gasteiger partial charge in [0.15, 0.2) is 0 Å². The van der Waals surface area contributed by atoms with Crippen LogP contribution in [0.3, 0.4) is 0 Å². The van der Waals surface area contributed by atoms with Crippen molar-refractivity contribution in [3.8, 4) is 0 Å². The number of nitrogens with two attached hydrogens (primary N) is 1. The highest BCUT2D eigenvalue weighted by atomic mass is 16.2. The number of hydrogen-bond acceptors (Lipinski definition) is 2. The zero-order valence-electron chi connectivity index (χ0n) is 11.1. The zero-order chi connectivity index (χ0) is 13.4. The highest BCUT2D eigenvalue weighted by Crippen LogP contribution is 2.35. The molecular formula is C15H19N3O. The van der Waals surface area contributed by atoms with Gasteiger partial charge in [-0.25, -0.2) is 4.79 Å². The van der Waals surface area contributed by atoms with Crippen LogP contribution in [0, 0.1) is 0 Å². The van der Waals surface area contributed by atoms with Gasteiger partial charge in [0.25, 0.3) is 0 Å². The summed E-state index contributed by atoms with van der Waals surface area (Å²) >= 11 is 0. The van der Waals surface area contributed by atoms with Crippen LogP contribution in [-0.2, 0) is 0 Å². The molecule has 1 aromatic carbocycles. The number of benzene rings is 1. The summed E-state index contributed by atoms with van der Waals surface area (Å²) < 4.78 is 0. The molecule has 1 heterocycles. The van der Waals surface area contributed by atoms with Gasteiger partial charge >= 0.3 is 6.03 Å². The topological polar surface area (TPSA) is 58.7 Å². The molecule has 1 aromatic rings. The SMILES string of the molecule is CC(CC1C(N)=NC(=O)N1C1CC1)c1ccccc1. The van der Waals surface area contributed by atoms with E-state index in [0.29, 0.717) is 17.8 Å². The molecule has 0 saturated heterocycles. The molecule has 0 aromatic heterocycles. The summed E-state index contributed by atoms with van der Waals surface area (Å²) in [5.41, 5.74) is 7.22. The minimum Gasteiger partial charge on any atom is -0.385 e. The van der Waals surface area contributed by atoms with Crippen molar-refractivity contribution in [1.82, 2.24) is 4.90 Å². The lowest BCUT2D eigenvalue weighted by atomic mass is 9.93. The van der Waals surface area contributed by atoms with Gasteiger partial charge in [-0.05, 0) is 30.7 Å². The van der Waals surface area contributed by atoms with Gasteiger partial charge in [-0.3, -0.25) is 0 Å². The number of aliphatic imine (C=N–C) groups is 1. The Morgan fingerprint density at radius 2 is 2.05 bits per heavy atom. The van der Waals surface area contributed by atoms with E-state index in [1.54, 1.807) is 0 Å². The molecule has 3 rings (SSSR count). The van der Waals surface area contributed by atoms with Gasteiger partial charge in [0.1, 0.15) is 5.84 Å². The second-order valence-corrected chi connectivity index (χ2v) is 5.52. The predicted octanol–water partition coefficient (Wildman–Crippen LogP) is 2.50. The minimum absolute atomic E-state index is 0.0183. The average molecular weight is 257 g/mol. The summed E-state index contributed by atoms with van der Waals surface area (Å²) in [6.07, 6.45) is 3.02. The Morgan fingerprint density at radius 1 is 1.37 bits per heavy atom. The second-order valence-electron chi connectivity index (χ2n) is 5.52. The van der Waals surface area contributed by atoms with Gasteiger partial charge in [-0.1, -0.05) is 37.3 Å². The van der Waals surface area contributed by atoms with Crippen molar-refractivity contribution in [2.45, 2.75) is 44.2 Å². The van der Waals surface area contributed by atoms with E-state index >= 15 is 0 Å². The van der Waals surface area contributed by atoms with Crippen molar-refractivity contribution in [3.05, 3.63) is 35.9 Å². The first-order valence-electron chi connectivity index (χ1n) is 6.88. The third-order valence-electron chi connectivity index (χ3n) is 4.01. The molecule has 2 N–H and O–H groups in total. The monoisotopic (exact) mass is 257 g/mol. The lowest BCUT2D eigenvalue weighted by Crippen LogP contribution is -2.42. The number of amidine groups is 1. The first kappa shape index (κ1) is 12.2. The zero-order valence-corrected chi connectivity index (χ0v) is 11.1. The van der Waals surface area contributed by atoms with Crippen LogP contribution in [0.1, 0.15) is 37.7 Å². The normalized spacial score (nSPS) is 24.5. The molecule has 2 aliphatic rings. The second kappa shape index (κ2) is 4.68. The van der Waals surface area contributed by atoms with Crippen LogP contribution in [0.15, 0.2) is 35.3 Å². The van der Waals surface area contributed by atoms with Gasteiger partial charge < -0.3 is 10.6 Å². The average Bonchev–Trinajstić information content (AvgIpc) is 3.19. The third kappa shape index (κ3) is 2.35. The van der Waals surface area contributed by atoms with Crippen molar-refractivity contribution < 1.29 is 4.79 Å². The van der Waals surface area contributed by atoms with Crippen LogP contribution in [-0.4, -0.2) is 28.9 Å². The molecule has 1 saturated carbocycles. The van der Waals surface area contributed by atoms with E-state index in [1.807, 2.05) is 23.1 Å². The van der Waals surface area contributed by atoms with Crippen molar-refractivity contribution in [2.24, 2.45) is 10.7 Å². The summed E-state index contributed by atoms with van der Waals surface area (Å²) in [5.74, 6) is 0.854. The standard InChI is InChI=1S/C15H19N3O/c1-10(11-5-3-2-4-6-11)9-13-14(16)17-15(19)18(13)12-7-8-12/h2-6,10,12-13H,7-9H2,1H3,(H2,16,17,19). The highest BCUT2D eigenvalue weighted by Gasteiger charge is 2.43. The highest BCUT2D eigenvalue weighted by molar-refractivity contribution is 6.03. The van der Waals surface area contributed by atoms with Crippen molar-refractivity contribution in [1.29, 1.82) is 0 Å². The lowest BCUT2D eigenvalue weighted by Gasteiger charge is -2.26. The maximum Gasteiger partial charge on any atom is 0.346 e. The first-order chi connectivity index (χ1) is 9.16. The van der Waals surface area contributed by atoms with Gasteiger partial charge in [0.05, 0.1) is 6.04 Å². The molecule has 1 aliphatic heterocycles. The Balaban J connectivity index is 1.74. The minimum atomic E-state index is -0.148. The van der Waals surface area contributed by atoms with Crippen molar-refractivity contribution in [3.63, 3.8) is 0 Å². The number of urea groups is 1. The van der Waals surface area contributed by atoms with Crippen LogP contribution >= 0.6 is 0 Å². The van der Waals surface area contributed by atoms with Gasteiger partial charge in [0, 0.05) is 6.04 Å². The Kier molecular flexibility index (Phi) is 3.01. The summed E-state index contributed by atoms with van der Waals surface area (Å²) in [6, 6.07) is 10.5. The van der Waals surface area contributed by atoms with Gasteiger partial charge in [0.2, 0.25) is 0 Å². The van der Waals surface area contributed by atoms with E-state index in [2.05, 4.69) is 24.0 Å². The summed E-state index contributed by atoms with van der Waals surface area (Å²) in [7, 11) is 0. The Bertz CT molecular complexity index is 507. The molecule has 0 radical (unpaired) electrons. The number of hydrogen-bond donors (Lipinski definition) is 1. The Hall–Kier alpha value is -1.84. The van der Waals surface area contributed by atoms with Crippen LogP contribution < -0.4 is 5.73 Å². The molecule has 1 aliphatic carbocycles. The molecule has 0 bridgehead atoms. The molecule has 1 fully saturated rings. The maximum atomic E-state index is 11.9. The predicted molar refractivity (Wildman–Crippen MR) is 75.1 cm³/mol. The molecule has 2 unspecified atom stereocenters. The number of rotatable bonds is 4. The molecule has 2 amide bonds. The third-order valence-corrected chi connectivity index (χ3v) is 4.01. The molecular weight excluding hydrogens is 238 g/mol. The molecule has 4 nitrogen and oxygen atoms in total. The molecule has 19 heavy (non-hydrogen) atoms. The molecule has 4 heteroatoms. The van der Waals surface area contributed by atoms with Gasteiger partial charge in [-0.15, -0.1) is 0 Å². The van der Waals surface area contributed by atoms with E-state index in [4.69, 9.17) is 5.73 Å². The van der Waals surface area contributed by atoms with E-state index < -0.39 is 0 Å². The van der Waals surface area contributed by atoms with Gasteiger partial charge in [-0.2, -0.15) is 4.99 Å². The summed E-state index contributed by atoms with van der Waals surface area (Å²) in [4.78, 5) is 17.7. The number of carbonyl (C=O) groups excluding carboxylic acids is 1. The fourth-order valence-corrected chi connectivity index (χ4v) is 2.77. The number of amides is 2. The fourth-order valence-electron chi connectivity index (χ4n) is 2.77. The summed E-state index contributed by atoms with van der Waals surface area (Å²) in [6.45, 7) is 2.18. The van der Waals surface area contributed by atoms with E-state index in [1.165, 1.54) is 5.56 Å². The van der Waals surface area contributed by atoms with Crippen LogP contribution in [0.25, 0.3) is 0 Å². The Morgan fingerprint density at radius 3 is 2.68 bits per heavy atom. The lowest BCUT2D eigenvalue weighted by molar-refractivity contribution is 0.199. The van der Waals surface area contributed by atoms with Crippen molar-refractivity contribution in [2.75, 3.05) is 0 Å². The molecule has 2 atom stereocenters. The quantitative estimate of drug-likeness (QED) is 0.901. The van der Waals surface area contributed by atoms with Crippen molar-refractivity contribution >= 4 is 11.9 Å². The van der Waals surface area contributed by atoms with Crippen LogP contribution in [0.5, 0.6) is 0 Å².